The van der Waals surface area contributed by atoms with Gasteiger partial charge in [0.2, 0.25) is 21.8 Å². The van der Waals surface area contributed by atoms with Crippen LogP contribution in [-0.4, -0.2) is 57.6 Å². The molecule has 2 amide bonds. The van der Waals surface area contributed by atoms with E-state index in [9.17, 15) is 18.0 Å². The quantitative estimate of drug-likeness (QED) is 0.479. The first-order valence-corrected chi connectivity index (χ1v) is 13.6. The first-order chi connectivity index (χ1) is 16.5. The summed E-state index contributed by atoms with van der Waals surface area (Å²) in [5, 5.41) is 2.77. The standard InChI is InChI=1S/C26H37N3O5S/c1-7-27-26(31)21(4)28(18-22-12-9-13-23(17-22)34-5)25(30)15-10-16-29(35(6,32)33)24-14-8-11-19(2)20(24)3/h8-9,11-14,17,21H,7,10,15-16,18H2,1-6H3,(H,27,31)/t21-/m0/s1. The highest BCUT2D eigenvalue weighted by molar-refractivity contribution is 7.92. The molecule has 0 fully saturated rings. The fraction of sp³-hybridized carbons (Fsp3) is 0.462. The van der Waals surface area contributed by atoms with Gasteiger partial charge in [0.05, 0.1) is 19.1 Å². The van der Waals surface area contributed by atoms with E-state index >= 15 is 0 Å². The minimum absolute atomic E-state index is 0.102. The van der Waals surface area contributed by atoms with E-state index in [-0.39, 0.29) is 31.3 Å². The van der Waals surface area contributed by atoms with Crippen LogP contribution in [0, 0.1) is 13.8 Å². The zero-order valence-corrected chi connectivity index (χ0v) is 22.3. The number of hydrogen-bond acceptors (Lipinski definition) is 5. The van der Waals surface area contributed by atoms with E-state index in [4.69, 9.17) is 4.74 Å². The Morgan fingerprint density at radius 1 is 1.11 bits per heavy atom. The summed E-state index contributed by atoms with van der Waals surface area (Å²) in [6, 6.07) is 12.2. The predicted octanol–water partition coefficient (Wildman–Crippen LogP) is 3.41. The largest absolute Gasteiger partial charge is 0.497 e. The molecule has 8 nitrogen and oxygen atoms in total. The molecule has 0 aliphatic rings. The van der Waals surface area contributed by atoms with Crippen molar-refractivity contribution in [2.24, 2.45) is 0 Å². The zero-order chi connectivity index (χ0) is 26.2. The minimum atomic E-state index is -3.54. The molecule has 2 rings (SSSR count). The van der Waals surface area contributed by atoms with Crippen LogP contribution >= 0.6 is 0 Å². The average molecular weight is 504 g/mol. The van der Waals surface area contributed by atoms with Crippen molar-refractivity contribution < 1.29 is 22.7 Å². The summed E-state index contributed by atoms with van der Waals surface area (Å²) in [5.74, 6) is 0.204. The number of carbonyl (C=O) groups excluding carboxylic acids is 2. The number of nitrogens with one attached hydrogen (secondary N) is 1. The minimum Gasteiger partial charge on any atom is -0.497 e. The van der Waals surface area contributed by atoms with Crippen LogP contribution in [0.4, 0.5) is 5.69 Å². The molecular formula is C26H37N3O5S. The summed E-state index contributed by atoms with van der Waals surface area (Å²) in [4.78, 5) is 27.4. The Morgan fingerprint density at radius 2 is 1.80 bits per heavy atom. The van der Waals surface area contributed by atoms with Gasteiger partial charge in [-0.25, -0.2) is 8.42 Å². The third kappa shape index (κ3) is 7.71. The molecule has 9 heteroatoms. The second kappa shape index (κ2) is 12.6. The number of rotatable bonds is 12. The maximum Gasteiger partial charge on any atom is 0.242 e. The molecule has 0 aliphatic carbocycles. The number of carbonyl (C=O) groups is 2. The van der Waals surface area contributed by atoms with Gasteiger partial charge in [-0.2, -0.15) is 0 Å². The highest BCUT2D eigenvalue weighted by atomic mass is 32.2. The molecule has 0 heterocycles. The van der Waals surface area contributed by atoms with E-state index in [1.807, 2.05) is 57.2 Å². The number of hydrogen-bond donors (Lipinski definition) is 1. The Bertz CT molecular complexity index is 1130. The molecule has 2 aromatic rings. The summed E-state index contributed by atoms with van der Waals surface area (Å²) < 4.78 is 31.7. The number of likely N-dealkylation sites (N-methyl/N-ethyl adjacent to an activating group) is 1. The summed E-state index contributed by atoms with van der Waals surface area (Å²) >= 11 is 0. The third-order valence-electron chi connectivity index (χ3n) is 6.00. The summed E-state index contributed by atoms with van der Waals surface area (Å²) in [6.45, 7) is 8.20. The molecule has 0 aliphatic heterocycles. The molecule has 0 aromatic heterocycles. The lowest BCUT2D eigenvalue weighted by atomic mass is 10.1. The topological polar surface area (TPSA) is 96.0 Å². The number of nitrogens with zero attached hydrogens (tertiary/aromatic N) is 2. The Labute approximate surface area is 209 Å². The lowest BCUT2D eigenvalue weighted by Crippen LogP contribution is -2.47. The smallest absolute Gasteiger partial charge is 0.242 e. The van der Waals surface area contributed by atoms with Crippen molar-refractivity contribution in [1.29, 1.82) is 0 Å². The molecule has 0 saturated carbocycles. The van der Waals surface area contributed by atoms with E-state index in [2.05, 4.69) is 5.32 Å². The Balaban J connectivity index is 2.21. The lowest BCUT2D eigenvalue weighted by Gasteiger charge is -2.29. The first kappa shape index (κ1) is 28.2. The van der Waals surface area contributed by atoms with Gasteiger partial charge in [-0.3, -0.25) is 13.9 Å². The number of ether oxygens (including phenoxy) is 1. The lowest BCUT2D eigenvalue weighted by molar-refractivity contribution is -0.140. The fourth-order valence-corrected chi connectivity index (χ4v) is 4.88. The summed E-state index contributed by atoms with van der Waals surface area (Å²) in [7, 11) is -1.97. The monoisotopic (exact) mass is 503 g/mol. The van der Waals surface area contributed by atoms with Crippen LogP contribution in [0.5, 0.6) is 5.75 Å². The van der Waals surface area contributed by atoms with Gasteiger partial charge in [-0.1, -0.05) is 24.3 Å². The van der Waals surface area contributed by atoms with E-state index in [0.717, 1.165) is 16.7 Å². The van der Waals surface area contributed by atoms with Crippen LogP contribution in [0.3, 0.4) is 0 Å². The highest BCUT2D eigenvalue weighted by Crippen LogP contribution is 2.25. The van der Waals surface area contributed by atoms with Gasteiger partial charge in [0, 0.05) is 26.1 Å². The van der Waals surface area contributed by atoms with Crippen LogP contribution in [0.2, 0.25) is 0 Å². The number of methoxy groups -OCH3 is 1. The molecule has 192 valence electrons. The van der Waals surface area contributed by atoms with Crippen molar-refractivity contribution in [3.8, 4) is 5.75 Å². The van der Waals surface area contributed by atoms with E-state index in [0.29, 0.717) is 24.4 Å². The fourth-order valence-electron chi connectivity index (χ4n) is 3.86. The number of anilines is 1. The molecular weight excluding hydrogens is 466 g/mol. The number of amides is 2. The maximum atomic E-state index is 13.3. The Morgan fingerprint density at radius 3 is 2.43 bits per heavy atom. The number of aryl methyl sites for hydroxylation is 1. The van der Waals surface area contributed by atoms with Gasteiger partial charge in [-0.05, 0) is 69.0 Å². The normalized spacial score (nSPS) is 12.1. The third-order valence-corrected chi connectivity index (χ3v) is 7.18. The van der Waals surface area contributed by atoms with Gasteiger partial charge < -0.3 is 15.0 Å². The number of benzene rings is 2. The van der Waals surface area contributed by atoms with E-state index in [1.54, 1.807) is 20.1 Å². The number of sulfonamides is 1. The molecule has 1 atom stereocenters. The molecule has 2 aromatic carbocycles. The Kier molecular flexibility index (Phi) is 10.1. The van der Waals surface area contributed by atoms with Crippen molar-refractivity contribution in [3.05, 3.63) is 59.2 Å². The van der Waals surface area contributed by atoms with Crippen LogP contribution in [0.25, 0.3) is 0 Å². The van der Waals surface area contributed by atoms with Crippen molar-refractivity contribution in [2.75, 3.05) is 30.8 Å². The van der Waals surface area contributed by atoms with Crippen molar-refractivity contribution in [2.45, 2.75) is 53.1 Å². The second-order valence-corrected chi connectivity index (χ2v) is 10.5. The van der Waals surface area contributed by atoms with Crippen LogP contribution in [0.1, 0.15) is 43.4 Å². The average Bonchev–Trinajstić information content (AvgIpc) is 2.81. The molecule has 0 bridgehead atoms. The second-order valence-electron chi connectivity index (χ2n) is 8.60. The van der Waals surface area contributed by atoms with E-state index in [1.165, 1.54) is 15.5 Å². The van der Waals surface area contributed by atoms with Crippen LogP contribution in [0.15, 0.2) is 42.5 Å². The van der Waals surface area contributed by atoms with E-state index < -0.39 is 16.1 Å². The molecule has 0 spiro atoms. The first-order valence-electron chi connectivity index (χ1n) is 11.7. The Hall–Kier alpha value is -3.07. The van der Waals surface area contributed by atoms with Crippen LogP contribution in [-0.2, 0) is 26.2 Å². The van der Waals surface area contributed by atoms with Gasteiger partial charge in [0.15, 0.2) is 0 Å². The summed E-state index contributed by atoms with van der Waals surface area (Å²) in [6.07, 6.45) is 1.59. The van der Waals surface area contributed by atoms with Gasteiger partial charge in [0.1, 0.15) is 11.8 Å². The van der Waals surface area contributed by atoms with Gasteiger partial charge in [-0.15, -0.1) is 0 Å². The molecule has 0 radical (unpaired) electrons. The van der Waals surface area contributed by atoms with Gasteiger partial charge >= 0.3 is 0 Å². The summed E-state index contributed by atoms with van der Waals surface area (Å²) in [5.41, 5.74) is 3.33. The van der Waals surface area contributed by atoms with Crippen molar-refractivity contribution in [3.63, 3.8) is 0 Å². The predicted molar refractivity (Wildman–Crippen MR) is 139 cm³/mol. The van der Waals surface area contributed by atoms with Gasteiger partial charge in [0.25, 0.3) is 0 Å². The van der Waals surface area contributed by atoms with Crippen molar-refractivity contribution in [1.82, 2.24) is 10.2 Å². The maximum absolute atomic E-state index is 13.3. The highest BCUT2D eigenvalue weighted by Gasteiger charge is 2.26. The SMILES string of the molecule is CCNC(=O)[C@H](C)N(Cc1cccc(OC)c1)C(=O)CCCN(c1cccc(C)c1C)S(C)(=O)=O. The molecule has 1 N–H and O–H groups in total. The molecule has 0 unspecified atom stereocenters. The zero-order valence-electron chi connectivity index (χ0n) is 21.5. The van der Waals surface area contributed by atoms with Crippen LogP contribution < -0.4 is 14.4 Å². The molecule has 35 heavy (non-hydrogen) atoms. The van der Waals surface area contributed by atoms with Crippen molar-refractivity contribution >= 4 is 27.5 Å². The molecule has 0 saturated heterocycles.